The molecule has 0 radical (unpaired) electrons. The second-order valence-corrected chi connectivity index (χ2v) is 7.52. The van der Waals surface area contributed by atoms with Gasteiger partial charge in [-0.3, -0.25) is 9.59 Å². The Morgan fingerprint density at radius 1 is 1.27 bits per heavy atom. The van der Waals surface area contributed by atoms with Crippen molar-refractivity contribution < 1.29 is 9.59 Å². The van der Waals surface area contributed by atoms with Crippen LogP contribution in [0.5, 0.6) is 0 Å². The number of carbonyl (C=O) groups excluding carboxylic acids is 2. The summed E-state index contributed by atoms with van der Waals surface area (Å²) in [7, 11) is 0. The zero-order chi connectivity index (χ0) is 18.3. The van der Waals surface area contributed by atoms with Gasteiger partial charge in [0, 0.05) is 6.54 Å². The summed E-state index contributed by atoms with van der Waals surface area (Å²) >= 11 is 5.86. The van der Waals surface area contributed by atoms with Gasteiger partial charge in [0.15, 0.2) is 0 Å². The Hall–Kier alpha value is -2.40. The summed E-state index contributed by atoms with van der Waals surface area (Å²) < 4.78 is 0. The van der Waals surface area contributed by atoms with Gasteiger partial charge in [-0.15, -0.1) is 0 Å². The zero-order valence-corrected chi connectivity index (χ0v) is 15.3. The van der Waals surface area contributed by atoms with Crippen LogP contribution in [0.3, 0.4) is 0 Å². The van der Waals surface area contributed by atoms with Gasteiger partial charge in [0.1, 0.15) is 16.4 Å². The van der Waals surface area contributed by atoms with E-state index in [1.165, 1.54) is 11.1 Å². The second kappa shape index (κ2) is 6.40. The van der Waals surface area contributed by atoms with E-state index >= 15 is 0 Å². The number of rotatable bonds is 3. The molecule has 0 bridgehead atoms. The van der Waals surface area contributed by atoms with Crippen molar-refractivity contribution in [1.29, 1.82) is 0 Å². The predicted octanol–water partition coefficient (Wildman–Crippen LogP) is 3.14. The second-order valence-electron chi connectivity index (χ2n) is 7.13. The van der Waals surface area contributed by atoms with E-state index in [0.717, 1.165) is 12.8 Å². The zero-order valence-electron chi connectivity index (χ0n) is 14.5. The van der Waals surface area contributed by atoms with Gasteiger partial charge in [-0.1, -0.05) is 41.9 Å². The molecular formula is C20H20ClN3O2. The molecule has 26 heavy (non-hydrogen) atoms. The van der Waals surface area contributed by atoms with Crippen LogP contribution >= 0.6 is 11.6 Å². The van der Waals surface area contributed by atoms with Crippen LogP contribution in [-0.2, 0) is 11.2 Å². The minimum Gasteiger partial charge on any atom is -0.336 e. The number of nitrogens with zero attached hydrogens (tertiary/aromatic N) is 2. The summed E-state index contributed by atoms with van der Waals surface area (Å²) in [6.45, 7) is 2.43. The molecule has 134 valence electrons. The van der Waals surface area contributed by atoms with E-state index in [-0.39, 0.29) is 28.7 Å². The van der Waals surface area contributed by atoms with E-state index in [0.29, 0.717) is 13.0 Å². The van der Waals surface area contributed by atoms with Gasteiger partial charge in [-0.2, -0.15) is 0 Å². The van der Waals surface area contributed by atoms with Gasteiger partial charge in [0.25, 0.3) is 5.91 Å². The lowest BCUT2D eigenvalue weighted by Gasteiger charge is -2.28. The minimum atomic E-state index is -0.918. The molecule has 1 N–H and O–H groups in total. The Morgan fingerprint density at radius 3 is 2.88 bits per heavy atom. The van der Waals surface area contributed by atoms with Crippen LogP contribution in [0.15, 0.2) is 42.5 Å². The molecule has 1 aromatic heterocycles. The third kappa shape index (κ3) is 2.86. The van der Waals surface area contributed by atoms with Gasteiger partial charge in [0.05, 0.1) is 6.04 Å². The van der Waals surface area contributed by atoms with Crippen LogP contribution in [0.2, 0.25) is 5.15 Å². The number of fused-ring (bicyclic) bond motifs is 1. The molecule has 0 saturated carbocycles. The standard InChI is InChI=1S/C20H20ClN3O2/c1-20(23-18(25)15-7-4-8-17(21)22-15)11-12-24(19(20)26)16-10-9-13-5-2-3-6-14(13)16/h2-8,16H,9-12H2,1H3,(H,23,25)/t16-,20+/m0/s1. The predicted molar refractivity (Wildman–Crippen MR) is 99.0 cm³/mol. The average molecular weight is 370 g/mol. The summed E-state index contributed by atoms with van der Waals surface area (Å²) in [4.78, 5) is 31.6. The Morgan fingerprint density at radius 2 is 2.08 bits per heavy atom. The number of carbonyl (C=O) groups is 2. The van der Waals surface area contributed by atoms with Crippen molar-refractivity contribution in [2.45, 2.75) is 37.8 Å². The van der Waals surface area contributed by atoms with Crippen LogP contribution in [0.25, 0.3) is 0 Å². The van der Waals surface area contributed by atoms with Crippen LogP contribution in [0.4, 0.5) is 0 Å². The van der Waals surface area contributed by atoms with Crippen molar-refractivity contribution in [1.82, 2.24) is 15.2 Å². The molecule has 2 aromatic rings. The number of likely N-dealkylation sites (tertiary alicyclic amines) is 1. The normalized spacial score (nSPS) is 24.6. The number of nitrogens with one attached hydrogen (secondary N) is 1. The van der Waals surface area contributed by atoms with E-state index in [1.807, 2.05) is 17.0 Å². The first-order chi connectivity index (χ1) is 12.5. The van der Waals surface area contributed by atoms with E-state index < -0.39 is 5.54 Å². The number of hydrogen-bond donors (Lipinski definition) is 1. The Labute approximate surface area is 157 Å². The quantitative estimate of drug-likeness (QED) is 0.845. The third-order valence-corrected chi connectivity index (χ3v) is 5.61. The topological polar surface area (TPSA) is 62.3 Å². The van der Waals surface area contributed by atoms with Crippen molar-refractivity contribution in [3.63, 3.8) is 0 Å². The molecule has 2 heterocycles. The van der Waals surface area contributed by atoms with E-state index in [2.05, 4.69) is 22.4 Å². The maximum Gasteiger partial charge on any atom is 0.270 e. The lowest BCUT2D eigenvalue weighted by Crippen LogP contribution is -2.52. The van der Waals surface area contributed by atoms with Crippen LogP contribution in [0.1, 0.15) is 47.4 Å². The van der Waals surface area contributed by atoms with Crippen molar-refractivity contribution in [2.24, 2.45) is 0 Å². The van der Waals surface area contributed by atoms with E-state index in [9.17, 15) is 9.59 Å². The molecule has 1 fully saturated rings. The maximum atomic E-state index is 13.1. The van der Waals surface area contributed by atoms with Crippen molar-refractivity contribution in [3.05, 3.63) is 64.4 Å². The van der Waals surface area contributed by atoms with E-state index in [1.54, 1.807) is 25.1 Å². The molecule has 1 aromatic carbocycles. The third-order valence-electron chi connectivity index (χ3n) is 5.40. The van der Waals surface area contributed by atoms with Gasteiger partial charge >= 0.3 is 0 Å². The largest absolute Gasteiger partial charge is 0.336 e. The fourth-order valence-corrected chi connectivity index (χ4v) is 4.15. The van der Waals surface area contributed by atoms with Crippen LogP contribution < -0.4 is 5.32 Å². The Balaban J connectivity index is 1.52. The highest BCUT2D eigenvalue weighted by Gasteiger charge is 2.47. The lowest BCUT2D eigenvalue weighted by molar-refractivity contribution is -0.134. The average Bonchev–Trinajstić information content (AvgIpc) is 3.17. The molecule has 1 saturated heterocycles. The smallest absolute Gasteiger partial charge is 0.270 e. The molecule has 6 heteroatoms. The molecule has 5 nitrogen and oxygen atoms in total. The first-order valence-electron chi connectivity index (χ1n) is 8.82. The van der Waals surface area contributed by atoms with Gasteiger partial charge in [-0.05, 0) is 49.4 Å². The highest BCUT2D eigenvalue weighted by atomic mass is 35.5. The van der Waals surface area contributed by atoms with Gasteiger partial charge in [-0.25, -0.2) is 4.98 Å². The number of aryl methyl sites for hydroxylation is 1. The lowest BCUT2D eigenvalue weighted by atomic mass is 10.00. The highest BCUT2D eigenvalue weighted by Crippen LogP contribution is 2.39. The number of benzene rings is 1. The SMILES string of the molecule is C[C@@]1(NC(=O)c2cccc(Cl)n2)CCN([C@H]2CCc3ccccc32)C1=O. The summed E-state index contributed by atoms with van der Waals surface area (Å²) in [5.74, 6) is -0.411. The summed E-state index contributed by atoms with van der Waals surface area (Å²) in [6, 6.07) is 13.3. The van der Waals surface area contributed by atoms with Crippen molar-refractivity contribution in [3.8, 4) is 0 Å². The highest BCUT2D eigenvalue weighted by molar-refractivity contribution is 6.29. The fraction of sp³-hybridized carbons (Fsp3) is 0.350. The number of pyridine rings is 1. The molecule has 0 spiro atoms. The van der Waals surface area contributed by atoms with Gasteiger partial charge < -0.3 is 10.2 Å². The number of aromatic nitrogens is 1. The van der Waals surface area contributed by atoms with Crippen LogP contribution in [-0.4, -0.2) is 33.8 Å². The Kier molecular flexibility index (Phi) is 4.19. The number of hydrogen-bond acceptors (Lipinski definition) is 3. The first kappa shape index (κ1) is 17.0. The van der Waals surface area contributed by atoms with Crippen molar-refractivity contribution >= 4 is 23.4 Å². The molecule has 1 aliphatic carbocycles. The molecule has 1 aliphatic heterocycles. The minimum absolute atomic E-state index is 0.0328. The summed E-state index contributed by atoms with van der Waals surface area (Å²) in [5, 5.41) is 3.13. The molecule has 0 unspecified atom stereocenters. The van der Waals surface area contributed by atoms with Gasteiger partial charge in [0.2, 0.25) is 5.91 Å². The van der Waals surface area contributed by atoms with Crippen LogP contribution in [0, 0.1) is 0 Å². The first-order valence-corrected chi connectivity index (χ1v) is 9.20. The summed E-state index contributed by atoms with van der Waals surface area (Å²) in [5.41, 5.74) is 1.84. The molecule has 4 rings (SSSR count). The molecule has 2 aliphatic rings. The Bertz CT molecular complexity index is 885. The van der Waals surface area contributed by atoms with E-state index in [4.69, 9.17) is 11.6 Å². The summed E-state index contributed by atoms with van der Waals surface area (Å²) in [6.07, 6.45) is 2.50. The maximum absolute atomic E-state index is 13.1. The molecule has 2 amide bonds. The molecule has 2 atom stereocenters. The fourth-order valence-electron chi connectivity index (χ4n) is 3.99. The van der Waals surface area contributed by atoms with Crippen molar-refractivity contribution in [2.75, 3.05) is 6.54 Å². The number of amides is 2. The number of halogens is 1. The molecular weight excluding hydrogens is 350 g/mol. The monoisotopic (exact) mass is 369 g/mol.